The third-order valence-electron chi connectivity index (χ3n) is 3.34. The highest BCUT2D eigenvalue weighted by molar-refractivity contribution is 7.99. The average molecular weight is 395 g/mol. The Morgan fingerprint density at radius 1 is 1.07 bits per heavy atom. The van der Waals surface area contributed by atoms with E-state index in [2.05, 4.69) is 5.32 Å². The zero-order valence-electron chi connectivity index (χ0n) is 14.6. The third kappa shape index (κ3) is 7.65. The maximum atomic E-state index is 12.3. The summed E-state index contributed by atoms with van der Waals surface area (Å²) in [7, 11) is 0. The molecule has 8 heteroatoms. The van der Waals surface area contributed by atoms with E-state index in [-0.39, 0.29) is 13.0 Å². The van der Waals surface area contributed by atoms with Crippen LogP contribution in [0.3, 0.4) is 0 Å². The van der Waals surface area contributed by atoms with Crippen molar-refractivity contribution in [3.63, 3.8) is 0 Å². The van der Waals surface area contributed by atoms with Gasteiger partial charge in [-0.15, -0.1) is 0 Å². The lowest BCUT2D eigenvalue weighted by Crippen LogP contribution is -2.30. The quantitative estimate of drug-likeness (QED) is 0.505. The van der Waals surface area contributed by atoms with Crippen molar-refractivity contribution in [1.29, 1.82) is 0 Å². The molecule has 1 unspecified atom stereocenters. The Labute approximate surface area is 160 Å². The SMILES string of the molecule is CC(OC(=O)CCOc1ccccc1)C(=O)Nc1ccc(SC(F)F)cc1. The number of thioether (sulfide) groups is 1. The number of carbonyl (C=O) groups is 2. The molecule has 0 saturated heterocycles. The van der Waals surface area contributed by atoms with Crippen LogP contribution in [-0.4, -0.2) is 30.3 Å². The number of alkyl halides is 2. The van der Waals surface area contributed by atoms with Crippen LogP contribution in [0.5, 0.6) is 5.75 Å². The second-order valence-electron chi connectivity index (χ2n) is 5.44. The van der Waals surface area contributed by atoms with Crippen LogP contribution in [0.1, 0.15) is 13.3 Å². The Kier molecular flexibility index (Phi) is 8.06. The van der Waals surface area contributed by atoms with Crippen LogP contribution < -0.4 is 10.1 Å². The second-order valence-corrected chi connectivity index (χ2v) is 6.50. The summed E-state index contributed by atoms with van der Waals surface area (Å²) >= 11 is 0.419. The Hall–Kier alpha value is -2.61. The molecule has 144 valence electrons. The van der Waals surface area contributed by atoms with Gasteiger partial charge in [-0.05, 0) is 43.3 Å². The van der Waals surface area contributed by atoms with E-state index >= 15 is 0 Å². The van der Waals surface area contributed by atoms with Crippen LogP contribution >= 0.6 is 11.8 Å². The molecule has 2 rings (SSSR count). The van der Waals surface area contributed by atoms with E-state index in [1.54, 1.807) is 12.1 Å². The van der Waals surface area contributed by atoms with E-state index in [1.807, 2.05) is 18.2 Å². The first-order chi connectivity index (χ1) is 12.9. The summed E-state index contributed by atoms with van der Waals surface area (Å²) in [6.07, 6.45) is -0.990. The number of para-hydroxylation sites is 1. The van der Waals surface area contributed by atoms with Crippen molar-refractivity contribution in [1.82, 2.24) is 0 Å². The molecule has 1 amide bonds. The fourth-order valence-electron chi connectivity index (χ4n) is 2.04. The molecule has 0 radical (unpaired) electrons. The number of amides is 1. The molecule has 0 aliphatic rings. The van der Waals surface area contributed by atoms with Gasteiger partial charge in [-0.2, -0.15) is 8.78 Å². The van der Waals surface area contributed by atoms with Crippen LogP contribution in [0.2, 0.25) is 0 Å². The van der Waals surface area contributed by atoms with Crippen LogP contribution in [0.25, 0.3) is 0 Å². The van der Waals surface area contributed by atoms with E-state index < -0.39 is 23.7 Å². The summed E-state index contributed by atoms with van der Waals surface area (Å²) in [4.78, 5) is 24.2. The maximum absolute atomic E-state index is 12.3. The molecule has 1 atom stereocenters. The summed E-state index contributed by atoms with van der Waals surface area (Å²) in [5.41, 5.74) is 0.425. The molecule has 27 heavy (non-hydrogen) atoms. The molecule has 0 bridgehead atoms. The first-order valence-electron chi connectivity index (χ1n) is 8.17. The summed E-state index contributed by atoms with van der Waals surface area (Å²) in [6, 6.07) is 15.0. The Morgan fingerprint density at radius 2 is 1.74 bits per heavy atom. The Morgan fingerprint density at radius 3 is 2.37 bits per heavy atom. The first-order valence-corrected chi connectivity index (χ1v) is 9.05. The summed E-state index contributed by atoms with van der Waals surface area (Å²) in [5.74, 6) is -2.93. The summed E-state index contributed by atoms with van der Waals surface area (Å²) in [5, 5.41) is 2.57. The van der Waals surface area contributed by atoms with Gasteiger partial charge in [0.1, 0.15) is 5.75 Å². The van der Waals surface area contributed by atoms with Crippen molar-refractivity contribution in [2.24, 2.45) is 0 Å². The van der Waals surface area contributed by atoms with Gasteiger partial charge in [0.25, 0.3) is 11.7 Å². The van der Waals surface area contributed by atoms with Gasteiger partial charge in [-0.3, -0.25) is 9.59 Å². The van der Waals surface area contributed by atoms with E-state index in [0.717, 1.165) is 0 Å². The number of rotatable bonds is 9. The normalized spacial score (nSPS) is 11.7. The molecule has 1 N–H and O–H groups in total. The minimum absolute atomic E-state index is 0.00601. The lowest BCUT2D eigenvalue weighted by molar-refractivity contribution is -0.153. The number of hydrogen-bond acceptors (Lipinski definition) is 5. The molecule has 5 nitrogen and oxygen atoms in total. The topological polar surface area (TPSA) is 64.6 Å². The standard InChI is InChI=1S/C19H19F2NO4S/c1-13(26-17(23)11-12-25-15-5-3-2-4-6-15)18(24)22-14-7-9-16(10-8-14)27-19(20)21/h2-10,13,19H,11-12H2,1H3,(H,22,24). The highest BCUT2D eigenvalue weighted by Crippen LogP contribution is 2.26. The monoisotopic (exact) mass is 395 g/mol. The smallest absolute Gasteiger partial charge is 0.310 e. The van der Waals surface area contributed by atoms with Gasteiger partial charge in [-0.1, -0.05) is 30.0 Å². The van der Waals surface area contributed by atoms with Crippen molar-refractivity contribution in [2.75, 3.05) is 11.9 Å². The lowest BCUT2D eigenvalue weighted by atomic mass is 10.3. The predicted octanol–water partition coefficient (Wildman–Crippen LogP) is 4.34. The predicted molar refractivity (Wildman–Crippen MR) is 99.0 cm³/mol. The number of esters is 1. The van der Waals surface area contributed by atoms with Crippen LogP contribution in [-0.2, 0) is 14.3 Å². The van der Waals surface area contributed by atoms with Crippen molar-refractivity contribution in [2.45, 2.75) is 30.1 Å². The molecule has 2 aromatic carbocycles. The van der Waals surface area contributed by atoms with Crippen molar-refractivity contribution < 1.29 is 27.8 Å². The molecular formula is C19H19F2NO4S. The van der Waals surface area contributed by atoms with E-state index in [4.69, 9.17) is 9.47 Å². The molecule has 2 aromatic rings. The van der Waals surface area contributed by atoms with Gasteiger partial charge in [0.05, 0.1) is 13.0 Å². The van der Waals surface area contributed by atoms with E-state index in [1.165, 1.54) is 31.2 Å². The van der Waals surface area contributed by atoms with Gasteiger partial charge in [-0.25, -0.2) is 0 Å². The van der Waals surface area contributed by atoms with Crippen LogP contribution in [0.4, 0.5) is 14.5 Å². The molecule has 0 saturated carbocycles. The molecule has 0 heterocycles. The first kappa shape index (κ1) is 20.7. The fraction of sp³-hybridized carbons (Fsp3) is 0.263. The number of nitrogens with one attached hydrogen (secondary N) is 1. The minimum atomic E-state index is -2.50. The molecule has 0 fully saturated rings. The Balaban J connectivity index is 1.73. The van der Waals surface area contributed by atoms with Crippen molar-refractivity contribution in [3.8, 4) is 5.75 Å². The zero-order chi connectivity index (χ0) is 19.6. The van der Waals surface area contributed by atoms with Gasteiger partial charge < -0.3 is 14.8 Å². The average Bonchev–Trinajstić information content (AvgIpc) is 2.63. The van der Waals surface area contributed by atoms with Gasteiger partial charge in [0, 0.05) is 10.6 Å². The number of carbonyl (C=O) groups excluding carboxylic acids is 2. The van der Waals surface area contributed by atoms with Crippen molar-refractivity contribution in [3.05, 3.63) is 54.6 Å². The molecular weight excluding hydrogens is 376 g/mol. The van der Waals surface area contributed by atoms with Crippen LogP contribution in [0.15, 0.2) is 59.5 Å². The van der Waals surface area contributed by atoms with Gasteiger partial charge in [0.2, 0.25) is 0 Å². The summed E-state index contributed by atoms with van der Waals surface area (Å²) in [6.45, 7) is 1.59. The number of benzene rings is 2. The highest BCUT2D eigenvalue weighted by Gasteiger charge is 2.18. The largest absolute Gasteiger partial charge is 0.493 e. The molecule has 0 spiro atoms. The molecule has 0 aromatic heterocycles. The highest BCUT2D eigenvalue weighted by atomic mass is 32.2. The van der Waals surface area contributed by atoms with Crippen molar-refractivity contribution >= 4 is 29.3 Å². The molecule has 0 aliphatic carbocycles. The molecule has 0 aliphatic heterocycles. The fourth-order valence-corrected chi connectivity index (χ4v) is 2.54. The number of anilines is 1. The number of ether oxygens (including phenoxy) is 2. The third-order valence-corrected chi connectivity index (χ3v) is 4.07. The van der Waals surface area contributed by atoms with Crippen LogP contribution in [0, 0.1) is 0 Å². The van der Waals surface area contributed by atoms with E-state index in [0.29, 0.717) is 28.1 Å². The second kappa shape index (κ2) is 10.5. The Bertz CT molecular complexity index is 741. The minimum Gasteiger partial charge on any atom is -0.493 e. The van der Waals surface area contributed by atoms with Gasteiger partial charge in [0.15, 0.2) is 6.10 Å². The van der Waals surface area contributed by atoms with Gasteiger partial charge >= 0.3 is 5.97 Å². The number of hydrogen-bond donors (Lipinski definition) is 1. The maximum Gasteiger partial charge on any atom is 0.310 e. The number of halogens is 2. The lowest BCUT2D eigenvalue weighted by Gasteiger charge is -2.14. The van der Waals surface area contributed by atoms with E-state index in [9.17, 15) is 18.4 Å². The zero-order valence-corrected chi connectivity index (χ0v) is 15.4. The summed E-state index contributed by atoms with van der Waals surface area (Å²) < 4.78 is 35.0.